The number of hydrogen-bond acceptors (Lipinski definition) is 2. The van der Waals surface area contributed by atoms with Gasteiger partial charge in [0.25, 0.3) is 0 Å². The maximum absolute atomic E-state index is 11.8. The van der Waals surface area contributed by atoms with Crippen LogP contribution in [-0.2, 0) is 11.2 Å². The fourth-order valence-electron chi connectivity index (χ4n) is 2.81. The van der Waals surface area contributed by atoms with Crippen LogP contribution in [0.15, 0.2) is 24.3 Å². The van der Waals surface area contributed by atoms with E-state index in [9.17, 15) is 4.79 Å². The fraction of sp³-hybridized carbons (Fsp3) is 0.588. The van der Waals surface area contributed by atoms with Crippen molar-refractivity contribution in [2.75, 3.05) is 13.1 Å². The number of benzene rings is 1. The lowest BCUT2D eigenvalue weighted by Crippen LogP contribution is -2.37. The van der Waals surface area contributed by atoms with Crippen molar-refractivity contribution in [1.82, 2.24) is 10.6 Å². The maximum atomic E-state index is 11.8. The van der Waals surface area contributed by atoms with Crippen molar-refractivity contribution >= 4 is 17.5 Å². The van der Waals surface area contributed by atoms with E-state index < -0.39 is 0 Å². The van der Waals surface area contributed by atoms with Crippen LogP contribution in [0, 0.1) is 0 Å². The van der Waals surface area contributed by atoms with Crippen LogP contribution < -0.4 is 10.6 Å². The van der Waals surface area contributed by atoms with Gasteiger partial charge >= 0.3 is 0 Å². The molecule has 0 unspecified atom stereocenters. The van der Waals surface area contributed by atoms with Gasteiger partial charge in [-0.2, -0.15) is 0 Å². The van der Waals surface area contributed by atoms with E-state index in [1.165, 1.54) is 38.5 Å². The zero-order chi connectivity index (χ0) is 14.9. The summed E-state index contributed by atoms with van der Waals surface area (Å²) >= 11 is 5.83. The minimum atomic E-state index is 0.0694. The van der Waals surface area contributed by atoms with Crippen molar-refractivity contribution < 1.29 is 4.79 Å². The quantitative estimate of drug-likeness (QED) is 0.625. The topological polar surface area (TPSA) is 41.1 Å². The van der Waals surface area contributed by atoms with E-state index in [4.69, 9.17) is 11.6 Å². The Hall–Kier alpha value is -1.06. The molecule has 1 saturated carbocycles. The van der Waals surface area contributed by atoms with E-state index in [2.05, 4.69) is 10.6 Å². The van der Waals surface area contributed by atoms with Crippen molar-refractivity contribution in [3.8, 4) is 0 Å². The SMILES string of the molecule is O=C(Cc1ccc(Cl)cc1)NCCNC1CCCCCC1. The highest BCUT2D eigenvalue weighted by atomic mass is 35.5. The molecule has 1 aromatic rings. The van der Waals surface area contributed by atoms with Gasteiger partial charge in [-0.3, -0.25) is 4.79 Å². The van der Waals surface area contributed by atoms with E-state index in [1.807, 2.05) is 24.3 Å². The van der Waals surface area contributed by atoms with Crippen LogP contribution in [0.3, 0.4) is 0 Å². The normalized spacial score (nSPS) is 16.4. The van der Waals surface area contributed by atoms with Crippen LogP contribution in [0.2, 0.25) is 5.02 Å². The average Bonchev–Trinajstić information content (AvgIpc) is 2.75. The molecule has 0 aromatic heterocycles. The second kappa shape index (κ2) is 9.06. The molecule has 0 bridgehead atoms. The monoisotopic (exact) mass is 308 g/mol. The van der Waals surface area contributed by atoms with Crippen LogP contribution >= 0.6 is 11.6 Å². The zero-order valence-corrected chi connectivity index (χ0v) is 13.3. The van der Waals surface area contributed by atoms with E-state index in [1.54, 1.807) is 0 Å². The van der Waals surface area contributed by atoms with Crippen LogP contribution in [-0.4, -0.2) is 25.0 Å². The minimum absolute atomic E-state index is 0.0694. The minimum Gasteiger partial charge on any atom is -0.355 e. The van der Waals surface area contributed by atoms with E-state index in [0.29, 0.717) is 24.0 Å². The molecule has 2 rings (SSSR count). The predicted molar refractivity (Wildman–Crippen MR) is 87.7 cm³/mol. The number of halogens is 1. The molecule has 4 heteroatoms. The first-order valence-electron chi connectivity index (χ1n) is 7.98. The van der Waals surface area contributed by atoms with Crippen LogP contribution in [0.4, 0.5) is 0 Å². The van der Waals surface area contributed by atoms with Gasteiger partial charge < -0.3 is 10.6 Å². The predicted octanol–water partition coefficient (Wildman–Crippen LogP) is 3.31. The molecular weight excluding hydrogens is 284 g/mol. The Labute approximate surface area is 132 Å². The molecular formula is C17H25ClN2O. The number of carbonyl (C=O) groups is 1. The molecule has 1 aliphatic carbocycles. The highest BCUT2D eigenvalue weighted by Crippen LogP contribution is 2.16. The maximum Gasteiger partial charge on any atom is 0.224 e. The Balaban J connectivity index is 1.59. The first-order chi connectivity index (χ1) is 10.2. The molecule has 0 radical (unpaired) electrons. The summed E-state index contributed by atoms with van der Waals surface area (Å²) in [6.45, 7) is 1.56. The summed E-state index contributed by atoms with van der Waals surface area (Å²) in [5, 5.41) is 7.22. The molecule has 1 aromatic carbocycles. The lowest BCUT2D eigenvalue weighted by Gasteiger charge is -2.16. The van der Waals surface area contributed by atoms with Gasteiger partial charge in [-0.15, -0.1) is 0 Å². The molecule has 0 spiro atoms. The van der Waals surface area contributed by atoms with Crippen molar-refractivity contribution in [1.29, 1.82) is 0 Å². The zero-order valence-electron chi connectivity index (χ0n) is 12.5. The third-order valence-corrected chi connectivity index (χ3v) is 4.27. The summed E-state index contributed by atoms with van der Waals surface area (Å²) in [4.78, 5) is 11.8. The fourth-order valence-corrected chi connectivity index (χ4v) is 2.94. The second-order valence-electron chi connectivity index (χ2n) is 5.80. The van der Waals surface area contributed by atoms with Crippen molar-refractivity contribution in [3.63, 3.8) is 0 Å². The van der Waals surface area contributed by atoms with Crippen LogP contribution in [0.1, 0.15) is 44.1 Å². The number of hydrogen-bond donors (Lipinski definition) is 2. The van der Waals surface area contributed by atoms with Gasteiger partial charge in [0.2, 0.25) is 5.91 Å². The summed E-state index contributed by atoms with van der Waals surface area (Å²) in [6, 6.07) is 8.06. The molecule has 2 N–H and O–H groups in total. The van der Waals surface area contributed by atoms with Gasteiger partial charge in [-0.05, 0) is 30.5 Å². The van der Waals surface area contributed by atoms with Gasteiger partial charge in [0.05, 0.1) is 6.42 Å². The highest BCUT2D eigenvalue weighted by Gasteiger charge is 2.11. The lowest BCUT2D eigenvalue weighted by atomic mass is 10.1. The van der Waals surface area contributed by atoms with Gasteiger partial charge in [0.1, 0.15) is 0 Å². The summed E-state index contributed by atoms with van der Waals surface area (Å²) < 4.78 is 0. The molecule has 1 aliphatic rings. The number of nitrogens with one attached hydrogen (secondary N) is 2. The molecule has 0 aliphatic heterocycles. The average molecular weight is 309 g/mol. The Morgan fingerprint density at radius 3 is 2.38 bits per heavy atom. The first-order valence-corrected chi connectivity index (χ1v) is 8.36. The second-order valence-corrected chi connectivity index (χ2v) is 6.23. The van der Waals surface area contributed by atoms with Crippen molar-refractivity contribution in [3.05, 3.63) is 34.9 Å². The first kappa shape index (κ1) is 16.3. The number of rotatable bonds is 6. The van der Waals surface area contributed by atoms with Crippen LogP contribution in [0.5, 0.6) is 0 Å². The molecule has 1 amide bonds. The molecule has 0 atom stereocenters. The Bertz CT molecular complexity index is 425. The van der Waals surface area contributed by atoms with E-state index in [0.717, 1.165) is 12.1 Å². The number of carbonyl (C=O) groups excluding carboxylic acids is 1. The molecule has 3 nitrogen and oxygen atoms in total. The summed E-state index contributed by atoms with van der Waals surface area (Å²) in [5.41, 5.74) is 0.994. The third-order valence-electron chi connectivity index (χ3n) is 4.01. The highest BCUT2D eigenvalue weighted by molar-refractivity contribution is 6.30. The smallest absolute Gasteiger partial charge is 0.224 e. The van der Waals surface area contributed by atoms with Crippen molar-refractivity contribution in [2.45, 2.75) is 51.0 Å². The van der Waals surface area contributed by atoms with Gasteiger partial charge in [-0.25, -0.2) is 0 Å². The third kappa shape index (κ3) is 6.49. The Morgan fingerprint density at radius 1 is 1.05 bits per heavy atom. The summed E-state index contributed by atoms with van der Waals surface area (Å²) in [5.74, 6) is 0.0694. The molecule has 0 heterocycles. The van der Waals surface area contributed by atoms with Crippen molar-refractivity contribution in [2.24, 2.45) is 0 Å². The van der Waals surface area contributed by atoms with E-state index >= 15 is 0 Å². The lowest BCUT2D eigenvalue weighted by molar-refractivity contribution is -0.120. The Kier molecular flexibility index (Phi) is 7.04. The van der Waals surface area contributed by atoms with Gasteiger partial charge in [-0.1, -0.05) is 49.4 Å². The molecule has 0 saturated heterocycles. The van der Waals surface area contributed by atoms with Gasteiger partial charge in [0, 0.05) is 24.2 Å². The molecule has 116 valence electrons. The summed E-state index contributed by atoms with van der Waals surface area (Å²) in [6.07, 6.45) is 8.38. The standard InChI is InChI=1S/C17H25ClN2O/c18-15-9-7-14(8-10-15)13-17(21)20-12-11-19-16-5-3-1-2-4-6-16/h7-10,16,19H,1-6,11-13H2,(H,20,21). The number of amides is 1. The molecule has 21 heavy (non-hydrogen) atoms. The van der Waals surface area contributed by atoms with Crippen LogP contribution in [0.25, 0.3) is 0 Å². The van der Waals surface area contributed by atoms with E-state index in [-0.39, 0.29) is 5.91 Å². The largest absolute Gasteiger partial charge is 0.355 e. The summed E-state index contributed by atoms with van der Waals surface area (Å²) in [7, 11) is 0. The van der Waals surface area contributed by atoms with Gasteiger partial charge in [0.15, 0.2) is 0 Å². The Morgan fingerprint density at radius 2 is 1.71 bits per heavy atom. The molecule has 1 fully saturated rings.